The molecule has 2 amide bonds. The molecule has 0 radical (unpaired) electrons. The summed E-state index contributed by atoms with van der Waals surface area (Å²) in [4.78, 5) is 14.3. The van der Waals surface area contributed by atoms with Crippen molar-refractivity contribution in [2.24, 2.45) is 0 Å². The summed E-state index contributed by atoms with van der Waals surface area (Å²) in [6.07, 6.45) is 0.927. The maximum atomic E-state index is 12.5. The maximum Gasteiger partial charge on any atom is 0.326 e. The summed E-state index contributed by atoms with van der Waals surface area (Å²) >= 11 is 0. The van der Waals surface area contributed by atoms with Crippen LogP contribution in [0.5, 0.6) is 0 Å². The molecule has 0 saturated carbocycles. The van der Waals surface area contributed by atoms with Crippen molar-refractivity contribution in [1.29, 1.82) is 0 Å². The molecular formula is C16H17N3O. The van der Waals surface area contributed by atoms with Crippen molar-refractivity contribution in [2.45, 2.75) is 6.42 Å². The minimum atomic E-state index is -0.0904. The van der Waals surface area contributed by atoms with Gasteiger partial charge in [0.05, 0.1) is 11.4 Å². The summed E-state index contributed by atoms with van der Waals surface area (Å²) < 4.78 is 0. The zero-order valence-electron chi connectivity index (χ0n) is 11.2. The highest BCUT2D eigenvalue weighted by molar-refractivity contribution is 6.03. The quantitative estimate of drug-likeness (QED) is 0.830. The monoisotopic (exact) mass is 267 g/mol. The molecule has 0 bridgehead atoms. The third-order valence-corrected chi connectivity index (χ3v) is 3.34. The molecule has 1 aliphatic heterocycles. The smallest absolute Gasteiger partial charge is 0.326 e. The lowest BCUT2D eigenvalue weighted by molar-refractivity contribution is 0.257. The fourth-order valence-electron chi connectivity index (χ4n) is 2.36. The Hall–Kier alpha value is -2.49. The Morgan fingerprint density at radius 3 is 2.65 bits per heavy atom. The molecule has 20 heavy (non-hydrogen) atoms. The van der Waals surface area contributed by atoms with Crippen molar-refractivity contribution in [3.63, 3.8) is 0 Å². The van der Waals surface area contributed by atoms with Crippen LogP contribution in [0.2, 0.25) is 0 Å². The van der Waals surface area contributed by atoms with Gasteiger partial charge in [0.1, 0.15) is 0 Å². The number of urea groups is 1. The number of fused-ring (bicyclic) bond motifs is 1. The van der Waals surface area contributed by atoms with Crippen LogP contribution in [-0.2, 0) is 0 Å². The van der Waals surface area contributed by atoms with Gasteiger partial charge in [-0.2, -0.15) is 0 Å². The predicted molar refractivity (Wildman–Crippen MR) is 82.4 cm³/mol. The van der Waals surface area contributed by atoms with E-state index in [0.29, 0.717) is 6.54 Å². The largest absolute Gasteiger partial charge is 0.383 e. The lowest BCUT2D eigenvalue weighted by Crippen LogP contribution is -2.35. The molecule has 0 aromatic heterocycles. The first-order chi connectivity index (χ1) is 9.84. The van der Waals surface area contributed by atoms with Crippen molar-refractivity contribution in [2.75, 3.05) is 28.6 Å². The lowest BCUT2D eigenvalue weighted by Gasteiger charge is -2.22. The fraction of sp³-hybridized carbons (Fsp3) is 0.188. The number of amides is 2. The highest BCUT2D eigenvalue weighted by Crippen LogP contribution is 2.28. The number of benzene rings is 2. The number of nitrogens with zero attached hydrogens (tertiary/aromatic N) is 1. The number of hydrogen-bond donors (Lipinski definition) is 2. The summed E-state index contributed by atoms with van der Waals surface area (Å²) in [6, 6.07) is 17.3. The molecule has 1 aliphatic rings. The molecule has 2 N–H and O–H groups in total. The number of nitrogens with one attached hydrogen (secondary N) is 2. The summed E-state index contributed by atoms with van der Waals surface area (Å²) in [5, 5.41) is 6.29. The molecule has 4 heteroatoms. The molecule has 1 heterocycles. The van der Waals surface area contributed by atoms with Crippen LogP contribution in [0.1, 0.15) is 6.42 Å². The Labute approximate surface area is 118 Å². The zero-order valence-corrected chi connectivity index (χ0v) is 11.2. The van der Waals surface area contributed by atoms with E-state index < -0.39 is 0 Å². The van der Waals surface area contributed by atoms with E-state index in [2.05, 4.69) is 10.6 Å². The molecule has 0 atom stereocenters. The summed E-state index contributed by atoms with van der Waals surface area (Å²) in [6.45, 7) is 1.59. The van der Waals surface area contributed by atoms with Crippen LogP contribution in [-0.4, -0.2) is 19.1 Å². The molecule has 0 saturated heterocycles. The van der Waals surface area contributed by atoms with Gasteiger partial charge in [-0.1, -0.05) is 30.3 Å². The third-order valence-electron chi connectivity index (χ3n) is 3.34. The number of hydrogen-bond acceptors (Lipinski definition) is 2. The number of rotatable bonds is 1. The second-order valence-electron chi connectivity index (χ2n) is 4.75. The van der Waals surface area contributed by atoms with Crippen LogP contribution in [0.3, 0.4) is 0 Å². The van der Waals surface area contributed by atoms with E-state index in [1.807, 2.05) is 54.6 Å². The van der Waals surface area contributed by atoms with E-state index in [1.54, 1.807) is 4.90 Å². The van der Waals surface area contributed by atoms with Gasteiger partial charge in [0.25, 0.3) is 0 Å². The van der Waals surface area contributed by atoms with Gasteiger partial charge in [-0.05, 0) is 30.7 Å². The SMILES string of the molecule is O=C(Nc1ccccc1)N1CCCNc2ccccc21. The van der Waals surface area contributed by atoms with Gasteiger partial charge in [0.2, 0.25) is 0 Å². The van der Waals surface area contributed by atoms with Gasteiger partial charge in [-0.15, -0.1) is 0 Å². The Bertz CT molecular complexity index is 598. The van der Waals surface area contributed by atoms with Crippen molar-refractivity contribution in [3.05, 3.63) is 54.6 Å². The topological polar surface area (TPSA) is 44.4 Å². The predicted octanol–water partition coefficient (Wildman–Crippen LogP) is 3.54. The fourth-order valence-corrected chi connectivity index (χ4v) is 2.36. The summed E-state index contributed by atoms with van der Waals surface area (Å²) in [5.74, 6) is 0. The Kier molecular flexibility index (Phi) is 3.54. The number of anilines is 3. The number of carbonyl (C=O) groups is 1. The van der Waals surface area contributed by atoms with Crippen molar-refractivity contribution < 1.29 is 4.79 Å². The van der Waals surface area contributed by atoms with Crippen LogP contribution in [0.4, 0.5) is 21.9 Å². The lowest BCUT2D eigenvalue weighted by atomic mass is 10.2. The van der Waals surface area contributed by atoms with Gasteiger partial charge in [0, 0.05) is 18.8 Å². The second kappa shape index (κ2) is 5.65. The van der Waals surface area contributed by atoms with E-state index in [9.17, 15) is 4.79 Å². The average molecular weight is 267 g/mol. The van der Waals surface area contributed by atoms with Crippen LogP contribution >= 0.6 is 0 Å². The number of carbonyl (C=O) groups excluding carboxylic acids is 1. The van der Waals surface area contributed by atoms with E-state index in [0.717, 1.165) is 30.0 Å². The third kappa shape index (κ3) is 2.59. The first-order valence-corrected chi connectivity index (χ1v) is 6.81. The Balaban J connectivity index is 1.84. The number of para-hydroxylation sites is 3. The standard InChI is InChI=1S/C16H17N3O/c20-16(18-13-7-2-1-3-8-13)19-12-6-11-17-14-9-4-5-10-15(14)19/h1-5,7-10,17H,6,11-12H2,(H,18,20). The molecule has 2 aromatic rings. The first-order valence-electron chi connectivity index (χ1n) is 6.81. The van der Waals surface area contributed by atoms with Crippen LogP contribution < -0.4 is 15.5 Å². The molecule has 3 rings (SSSR count). The van der Waals surface area contributed by atoms with E-state index in [1.165, 1.54) is 0 Å². The highest BCUT2D eigenvalue weighted by atomic mass is 16.2. The normalized spacial score (nSPS) is 13.9. The van der Waals surface area contributed by atoms with E-state index in [-0.39, 0.29) is 6.03 Å². The zero-order chi connectivity index (χ0) is 13.8. The first kappa shape index (κ1) is 12.5. The Morgan fingerprint density at radius 2 is 1.80 bits per heavy atom. The molecule has 0 spiro atoms. The molecular weight excluding hydrogens is 250 g/mol. The highest BCUT2D eigenvalue weighted by Gasteiger charge is 2.20. The van der Waals surface area contributed by atoms with Gasteiger partial charge >= 0.3 is 6.03 Å². The maximum absolute atomic E-state index is 12.5. The summed E-state index contributed by atoms with van der Waals surface area (Å²) in [5.41, 5.74) is 2.75. The van der Waals surface area contributed by atoms with Gasteiger partial charge < -0.3 is 10.6 Å². The van der Waals surface area contributed by atoms with Crippen molar-refractivity contribution in [3.8, 4) is 0 Å². The Morgan fingerprint density at radius 1 is 1.05 bits per heavy atom. The molecule has 102 valence electrons. The van der Waals surface area contributed by atoms with Crippen LogP contribution in [0.15, 0.2) is 54.6 Å². The van der Waals surface area contributed by atoms with Gasteiger partial charge in [0.15, 0.2) is 0 Å². The summed E-state index contributed by atoms with van der Waals surface area (Å²) in [7, 11) is 0. The van der Waals surface area contributed by atoms with Crippen molar-refractivity contribution in [1.82, 2.24) is 0 Å². The molecule has 4 nitrogen and oxygen atoms in total. The molecule has 0 unspecified atom stereocenters. The minimum Gasteiger partial charge on any atom is -0.383 e. The second-order valence-corrected chi connectivity index (χ2v) is 4.75. The molecule has 0 aliphatic carbocycles. The minimum absolute atomic E-state index is 0.0904. The van der Waals surface area contributed by atoms with E-state index >= 15 is 0 Å². The van der Waals surface area contributed by atoms with E-state index in [4.69, 9.17) is 0 Å². The van der Waals surface area contributed by atoms with Gasteiger partial charge in [-0.3, -0.25) is 4.90 Å². The molecule has 2 aromatic carbocycles. The van der Waals surface area contributed by atoms with Gasteiger partial charge in [-0.25, -0.2) is 4.79 Å². The van der Waals surface area contributed by atoms with Crippen LogP contribution in [0.25, 0.3) is 0 Å². The average Bonchev–Trinajstić information content (AvgIpc) is 2.70. The van der Waals surface area contributed by atoms with Crippen LogP contribution in [0, 0.1) is 0 Å². The molecule has 0 fully saturated rings. The van der Waals surface area contributed by atoms with Crippen molar-refractivity contribution >= 4 is 23.1 Å².